The predicted molar refractivity (Wildman–Crippen MR) is 73.5 cm³/mol. The Balaban J connectivity index is 2.06. The van der Waals surface area contributed by atoms with Crippen LogP contribution < -0.4 is 10.5 Å². The molecule has 3 rings (SSSR count). The molecule has 2 N–H and O–H groups in total. The molecule has 0 saturated carbocycles. The summed E-state index contributed by atoms with van der Waals surface area (Å²) in [6.45, 7) is 4.67. The minimum atomic E-state index is 0.388. The van der Waals surface area contributed by atoms with Crippen molar-refractivity contribution in [1.29, 1.82) is 0 Å². The van der Waals surface area contributed by atoms with E-state index >= 15 is 0 Å². The van der Waals surface area contributed by atoms with Gasteiger partial charge in [-0.25, -0.2) is 4.98 Å². The average molecular weight is 273 g/mol. The van der Waals surface area contributed by atoms with E-state index in [9.17, 15) is 0 Å². The van der Waals surface area contributed by atoms with Crippen molar-refractivity contribution in [3.63, 3.8) is 0 Å². The summed E-state index contributed by atoms with van der Waals surface area (Å²) in [6.07, 6.45) is 0. The molecule has 2 heterocycles. The van der Waals surface area contributed by atoms with Gasteiger partial charge in [-0.3, -0.25) is 0 Å². The van der Waals surface area contributed by atoms with E-state index in [1.54, 1.807) is 6.92 Å². The first-order valence-electron chi connectivity index (χ1n) is 6.35. The Morgan fingerprint density at radius 2 is 2.20 bits per heavy atom. The van der Waals surface area contributed by atoms with Crippen LogP contribution in [0.3, 0.4) is 0 Å². The lowest BCUT2D eigenvalue weighted by Crippen LogP contribution is -2.04. The zero-order chi connectivity index (χ0) is 14.1. The summed E-state index contributed by atoms with van der Waals surface area (Å²) in [5.41, 5.74) is 7.60. The first-order valence-corrected chi connectivity index (χ1v) is 6.35. The molecule has 7 heteroatoms. The minimum absolute atomic E-state index is 0.388. The van der Waals surface area contributed by atoms with Gasteiger partial charge in [0.2, 0.25) is 11.8 Å². The Labute approximate surface area is 115 Å². The summed E-state index contributed by atoms with van der Waals surface area (Å²) in [5.74, 6) is 2.20. The number of nitrogens with two attached hydrogens (primary N) is 1. The molecule has 2 aromatic heterocycles. The first kappa shape index (κ1) is 12.5. The molecule has 7 nitrogen and oxygen atoms in total. The lowest BCUT2D eigenvalue weighted by Gasteiger charge is -2.04. The van der Waals surface area contributed by atoms with Crippen molar-refractivity contribution in [1.82, 2.24) is 19.7 Å². The Morgan fingerprint density at radius 3 is 2.90 bits per heavy atom. The van der Waals surface area contributed by atoms with Gasteiger partial charge in [0.1, 0.15) is 17.8 Å². The highest BCUT2D eigenvalue weighted by atomic mass is 16.5. The summed E-state index contributed by atoms with van der Waals surface area (Å²) < 4.78 is 12.5. The van der Waals surface area contributed by atoms with Gasteiger partial charge in [-0.2, -0.15) is 4.98 Å². The molecule has 104 valence electrons. The number of hydrogen-bond donors (Lipinski definition) is 1. The monoisotopic (exact) mass is 273 g/mol. The maximum absolute atomic E-state index is 5.98. The van der Waals surface area contributed by atoms with Crippen LogP contribution in [0.2, 0.25) is 0 Å². The fourth-order valence-corrected chi connectivity index (χ4v) is 2.12. The number of ether oxygens (including phenoxy) is 1. The van der Waals surface area contributed by atoms with E-state index in [1.165, 1.54) is 0 Å². The molecular weight excluding hydrogens is 258 g/mol. The van der Waals surface area contributed by atoms with E-state index in [-0.39, 0.29) is 0 Å². The second kappa shape index (κ2) is 4.84. The van der Waals surface area contributed by atoms with Crippen LogP contribution in [-0.4, -0.2) is 26.3 Å². The Bertz CT molecular complexity index is 746. The van der Waals surface area contributed by atoms with Crippen molar-refractivity contribution in [2.24, 2.45) is 0 Å². The molecule has 0 bridgehead atoms. The molecule has 0 amide bonds. The van der Waals surface area contributed by atoms with E-state index in [0.29, 0.717) is 30.8 Å². The lowest BCUT2D eigenvalue weighted by atomic mass is 10.3. The molecule has 0 fully saturated rings. The third kappa shape index (κ3) is 2.07. The van der Waals surface area contributed by atoms with Gasteiger partial charge in [-0.05, 0) is 26.0 Å². The number of aryl methyl sites for hydroxylation is 1. The van der Waals surface area contributed by atoms with Crippen molar-refractivity contribution in [2.75, 3.05) is 12.3 Å². The van der Waals surface area contributed by atoms with Crippen LogP contribution in [0.15, 0.2) is 22.7 Å². The largest absolute Gasteiger partial charge is 0.492 e. The molecule has 0 radical (unpaired) electrons. The SMILES string of the molecule is CCOc1cccc2c1nc(N)n2Cc1nc(C)no1. The number of nitrogen functional groups attached to an aromatic ring is 1. The Hall–Kier alpha value is -2.57. The van der Waals surface area contributed by atoms with Crippen LogP contribution in [0.5, 0.6) is 5.75 Å². The van der Waals surface area contributed by atoms with Gasteiger partial charge >= 0.3 is 0 Å². The molecule has 0 aliphatic rings. The fourth-order valence-electron chi connectivity index (χ4n) is 2.12. The standard InChI is InChI=1S/C13H15N5O2/c1-3-19-10-6-4-5-9-12(10)16-13(14)18(9)7-11-15-8(2)17-20-11/h4-6H,3,7H2,1-2H3,(H2,14,16). The van der Waals surface area contributed by atoms with Crippen LogP contribution in [0.4, 0.5) is 5.95 Å². The Morgan fingerprint density at radius 1 is 1.35 bits per heavy atom. The van der Waals surface area contributed by atoms with Crippen molar-refractivity contribution in [2.45, 2.75) is 20.4 Å². The van der Waals surface area contributed by atoms with Crippen LogP contribution in [0.25, 0.3) is 11.0 Å². The number of benzene rings is 1. The molecular formula is C13H15N5O2. The molecule has 0 spiro atoms. The molecule has 0 aliphatic carbocycles. The normalized spacial score (nSPS) is 11.1. The number of anilines is 1. The highest BCUT2D eigenvalue weighted by molar-refractivity contribution is 5.84. The highest BCUT2D eigenvalue weighted by Crippen LogP contribution is 2.27. The number of hydrogen-bond acceptors (Lipinski definition) is 6. The molecule has 0 saturated heterocycles. The lowest BCUT2D eigenvalue weighted by molar-refractivity contribution is 0.343. The van der Waals surface area contributed by atoms with Gasteiger partial charge in [0.15, 0.2) is 5.82 Å². The summed E-state index contributed by atoms with van der Waals surface area (Å²) in [7, 11) is 0. The number of rotatable bonds is 4. The van der Waals surface area contributed by atoms with Gasteiger partial charge in [0.05, 0.1) is 12.1 Å². The van der Waals surface area contributed by atoms with Crippen molar-refractivity contribution in [3.8, 4) is 5.75 Å². The van der Waals surface area contributed by atoms with Gasteiger partial charge < -0.3 is 19.6 Å². The van der Waals surface area contributed by atoms with E-state index in [2.05, 4.69) is 15.1 Å². The van der Waals surface area contributed by atoms with Crippen LogP contribution in [0, 0.1) is 6.92 Å². The third-order valence-corrected chi connectivity index (χ3v) is 2.93. The van der Waals surface area contributed by atoms with Gasteiger partial charge in [-0.1, -0.05) is 11.2 Å². The first-order chi connectivity index (χ1) is 9.69. The molecule has 0 unspecified atom stereocenters. The summed E-state index contributed by atoms with van der Waals surface area (Å²) in [4.78, 5) is 8.54. The van der Waals surface area contributed by atoms with Gasteiger partial charge in [0, 0.05) is 0 Å². The average Bonchev–Trinajstić information content (AvgIpc) is 2.97. The molecule has 20 heavy (non-hydrogen) atoms. The molecule has 3 aromatic rings. The van der Waals surface area contributed by atoms with Gasteiger partial charge in [-0.15, -0.1) is 0 Å². The Kier molecular flexibility index (Phi) is 3.02. The summed E-state index contributed by atoms with van der Waals surface area (Å²) >= 11 is 0. The summed E-state index contributed by atoms with van der Waals surface area (Å²) in [6, 6.07) is 5.72. The number of fused-ring (bicyclic) bond motifs is 1. The smallest absolute Gasteiger partial charge is 0.246 e. The highest BCUT2D eigenvalue weighted by Gasteiger charge is 2.14. The van der Waals surface area contributed by atoms with Crippen molar-refractivity contribution < 1.29 is 9.26 Å². The van der Waals surface area contributed by atoms with E-state index in [4.69, 9.17) is 15.0 Å². The second-order valence-corrected chi connectivity index (χ2v) is 4.35. The van der Waals surface area contributed by atoms with Crippen LogP contribution >= 0.6 is 0 Å². The zero-order valence-electron chi connectivity index (χ0n) is 11.3. The molecule has 1 aromatic carbocycles. The zero-order valence-corrected chi connectivity index (χ0v) is 11.3. The maximum atomic E-state index is 5.98. The van der Waals surface area contributed by atoms with E-state index in [1.807, 2.05) is 29.7 Å². The number of para-hydroxylation sites is 1. The topological polar surface area (TPSA) is 92.0 Å². The second-order valence-electron chi connectivity index (χ2n) is 4.35. The third-order valence-electron chi connectivity index (χ3n) is 2.93. The number of aromatic nitrogens is 4. The molecule has 0 atom stereocenters. The molecule has 0 aliphatic heterocycles. The fraction of sp³-hybridized carbons (Fsp3) is 0.308. The van der Waals surface area contributed by atoms with Crippen LogP contribution in [0.1, 0.15) is 18.6 Å². The minimum Gasteiger partial charge on any atom is -0.492 e. The number of imidazole rings is 1. The van der Waals surface area contributed by atoms with Crippen LogP contribution in [-0.2, 0) is 6.54 Å². The van der Waals surface area contributed by atoms with E-state index < -0.39 is 0 Å². The van der Waals surface area contributed by atoms with Crippen molar-refractivity contribution >= 4 is 17.0 Å². The maximum Gasteiger partial charge on any atom is 0.246 e. The quantitative estimate of drug-likeness (QED) is 0.778. The summed E-state index contributed by atoms with van der Waals surface area (Å²) in [5, 5.41) is 3.77. The van der Waals surface area contributed by atoms with Crippen molar-refractivity contribution in [3.05, 3.63) is 29.9 Å². The van der Waals surface area contributed by atoms with Gasteiger partial charge in [0.25, 0.3) is 0 Å². The van der Waals surface area contributed by atoms with E-state index in [0.717, 1.165) is 16.8 Å². The predicted octanol–water partition coefficient (Wildman–Crippen LogP) is 1.76. The number of nitrogens with zero attached hydrogens (tertiary/aromatic N) is 4.